The van der Waals surface area contributed by atoms with Crippen molar-refractivity contribution in [1.82, 2.24) is 10.3 Å². The minimum Gasteiger partial charge on any atom is -0.348 e. The van der Waals surface area contributed by atoms with Crippen molar-refractivity contribution in [3.63, 3.8) is 0 Å². The van der Waals surface area contributed by atoms with Crippen LogP contribution in [0.2, 0.25) is 0 Å². The number of thiazole rings is 1. The van der Waals surface area contributed by atoms with Gasteiger partial charge in [0, 0.05) is 36.3 Å². The van der Waals surface area contributed by atoms with Gasteiger partial charge in [-0.1, -0.05) is 6.07 Å². The van der Waals surface area contributed by atoms with Crippen molar-refractivity contribution in [2.24, 2.45) is 0 Å². The SMILES string of the molecule is CNCc1csc(N(C)C(C)Cc2cccs2)n1. The number of rotatable bonds is 6. The molecule has 0 aromatic carbocycles. The Morgan fingerprint density at radius 3 is 2.94 bits per heavy atom. The second-order valence-corrected chi connectivity index (χ2v) is 6.26. The Bertz CT molecular complexity index is 464. The molecule has 2 heterocycles. The van der Waals surface area contributed by atoms with Crippen LogP contribution in [0.25, 0.3) is 0 Å². The number of anilines is 1. The van der Waals surface area contributed by atoms with Crippen LogP contribution in [-0.2, 0) is 13.0 Å². The highest BCUT2D eigenvalue weighted by molar-refractivity contribution is 7.13. The highest BCUT2D eigenvalue weighted by Gasteiger charge is 2.14. The molecule has 0 bridgehead atoms. The monoisotopic (exact) mass is 281 g/mol. The van der Waals surface area contributed by atoms with Crippen molar-refractivity contribution in [2.45, 2.75) is 25.9 Å². The third-order valence-electron chi connectivity index (χ3n) is 2.94. The Morgan fingerprint density at radius 2 is 2.28 bits per heavy atom. The maximum Gasteiger partial charge on any atom is 0.185 e. The fourth-order valence-electron chi connectivity index (χ4n) is 1.77. The Kier molecular flexibility index (Phi) is 4.74. The predicted molar refractivity (Wildman–Crippen MR) is 80.8 cm³/mol. The molecule has 1 unspecified atom stereocenters. The lowest BCUT2D eigenvalue weighted by atomic mass is 10.2. The lowest BCUT2D eigenvalue weighted by Gasteiger charge is -2.23. The Hall–Kier alpha value is -0.910. The van der Waals surface area contributed by atoms with E-state index in [1.165, 1.54) is 4.88 Å². The molecule has 0 saturated heterocycles. The molecule has 3 nitrogen and oxygen atoms in total. The van der Waals surface area contributed by atoms with Gasteiger partial charge in [0.2, 0.25) is 0 Å². The fourth-order valence-corrected chi connectivity index (χ4v) is 3.49. The van der Waals surface area contributed by atoms with Crippen molar-refractivity contribution in [1.29, 1.82) is 0 Å². The van der Waals surface area contributed by atoms with E-state index in [2.05, 4.69) is 52.1 Å². The summed E-state index contributed by atoms with van der Waals surface area (Å²) < 4.78 is 0. The molecule has 0 aliphatic heterocycles. The third-order valence-corrected chi connectivity index (χ3v) is 4.82. The van der Waals surface area contributed by atoms with E-state index >= 15 is 0 Å². The van der Waals surface area contributed by atoms with Crippen molar-refractivity contribution >= 4 is 27.8 Å². The van der Waals surface area contributed by atoms with Crippen LogP contribution in [0, 0.1) is 0 Å². The number of thiophene rings is 1. The van der Waals surface area contributed by atoms with Gasteiger partial charge in [0.1, 0.15) is 0 Å². The summed E-state index contributed by atoms with van der Waals surface area (Å²) >= 11 is 3.54. The van der Waals surface area contributed by atoms with Crippen LogP contribution in [0.3, 0.4) is 0 Å². The molecule has 0 aliphatic carbocycles. The van der Waals surface area contributed by atoms with Crippen LogP contribution in [0.4, 0.5) is 5.13 Å². The number of aromatic nitrogens is 1. The Labute approximate surface area is 116 Å². The van der Waals surface area contributed by atoms with E-state index in [0.29, 0.717) is 6.04 Å². The summed E-state index contributed by atoms with van der Waals surface area (Å²) in [6, 6.07) is 4.78. The number of hydrogen-bond donors (Lipinski definition) is 1. The molecule has 0 saturated carbocycles. The summed E-state index contributed by atoms with van der Waals surface area (Å²) in [5.41, 5.74) is 1.12. The maximum atomic E-state index is 4.64. The zero-order valence-electron chi connectivity index (χ0n) is 11.0. The first-order chi connectivity index (χ1) is 8.70. The number of hydrogen-bond acceptors (Lipinski definition) is 5. The molecule has 0 fully saturated rings. The summed E-state index contributed by atoms with van der Waals surface area (Å²) in [5, 5.41) is 8.49. The first-order valence-corrected chi connectivity index (χ1v) is 7.81. The number of likely N-dealkylation sites (N-methyl/N-ethyl adjacent to an activating group) is 1. The average molecular weight is 281 g/mol. The molecule has 98 valence electrons. The van der Waals surface area contributed by atoms with Gasteiger partial charge in [-0.15, -0.1) is 22.7 Å². The molecule has 0 spiro atoms. The Morgan fingerprint density at radius 1 is 1.44 bits per heavy atom. The third kappa shape index (κ3) is 3.31. The zero-order chi connectivity index (χ0) is 13.0. The number of nitrogens with zero attached hydrogens (tertiary/aromatic N) is 2. The van der Waals surface area contributed by atoms with E-state index < -0.39 is 0 Å². The smallest absolute Gasteiger partial charge is 0.185 e. The van der Waals surface area contributed by atoms with E-state index in [4.69, 9.17) is 0 Å². The summed E-state index contributed by atoms with van der Waals surface area (Å²) in [6.45, 7) is 3.09. The van der Waals surface area contributed by atoms with Gasteiger partial charge in [-0.3, -0.25) is 0 Å². The second kappa shape index (κ2) is 6.31. The minimum atomic E-state index is 0.470. The second-order valence-electron chi connectivity index (χ2n) is 4.40. The van der Waals surface area contributed by atoms with Crippen molar-refractivity contribution in [2.75, 3.05) is 19.0 Å². The largest absolute Gasteiger partial charge is 0.348 e. The maximum absolute atomic E-state index is 4.64. The van der Waals surface area contributed by atoms with Gasteiger partial charge in [-0.05, 0) is 25.4 Å². The lowest BCUT2D eigenvalue weighted by molar-refractivity contribution is 0.683. The van der Waals surface area contributed by atoms with Gasteiger partial charge < -0.3 is 10.2 Å². The molecule has 1 atom stereocenters. The van der Waals surface area contributed by atoms with Crippen LogP contribution >= 0.6 is 22.7 Å². The van der Waals surface area contributed by atoms with Crippen LogP contribution < -0.4 is 10.2 Å². The zero-order valence-corrected chi connectivity index (χ0v) is 12.6. The molecular weight excluding hydrogens is 262 g/mol. The molecule has 2 rings (SSSR count). The van der Waals surface area contributed by atoms with Crippen molar-refractivity contribution in [3.05, 3.63) is 33.5 Å². The molecule has 5 heteroatoms. The van der Waals surface area contributed by atoms with Gasteiger partial charge in [0.05, 0.1) is 5.69 Å². The average Bonchev–Trinajstić information content (AvgIpc) is 3.00. The summed E-state index contributed by atoms with van der Waals surface area (Å²) in [5.74, 6) is 0. The fraction of sp³-hybridized carbons (Fsp3) is 0.462. The number of nitrogens with one attached hydrogen (secondary N) is 1. The van der Waals surface area contributed by atoms with Crippen molar-refractivity contribution in [3.8, 4) is 0 Å². The molecular formula is C13H19N3S2. The van der Waals surface area contributed by atoms with E-state index in [-0.39, 0.29) is 0 Å². The first-order valence-electron chi connectivity index (χ1n) is 6.05. The van der Waals surface area contributed by atoms with Crippen molar-refractivity contribution < 1.29 is 0 Å². The molecule has 0 aliphatic rings. The molecule has 18 heavy (non-hydrogen) atoms. The van der Waals surface area contributed by atoms with E-state index in [9.17, 15) is 0 Å². The minimum absolute atomic E-state index is 0.470. The Balaban J connectivity index is 1.98. The topological polar surface area (TPSA) is 28.2 Å². The summed E-state index contributed by atoms with van der Waals surface area (Å²) in [6.07, 6.45) is 1.08. The molecule has 1 N–H and O–H groups in total. The predicted octanol–water partition coefficient (Wildman–Crippen LogP) is 2.99. The van der Waals surface area contributed by atoms with E-state index in [1.54, 1.807) is 11.3 Å². The normalized spacial score (nSPS) is 12.6. The standard InChI is InChI=1S/C13H19N3S2/c1-10(7-12-5-4-6-17-12)16(3)13-15-11(8-14-2)9-18-13/h4-6,9-10,14H,7-8H2,1-3H3. The highest BCUT2D eigenvalue weighted by Crippen LogP contribution is 2.23. The van der Waals surface area contributed by atoms with Crippen LogP contribution in [0.1, 0.15) is 17.5 Å². The van der Waals surface area contributed by atoms with Gasteiger partial charge in [0.15, 0.2) is 5.13 Å². The quantitative estimate of drug-likeness (QED) is 0.882. The summed E-state index contributed by atoms with van der Waals surface area (Å²) in [7, 11) is 4.07. The first kappa shape index (κ1) is 13.5. The van der Waals surface area contributed by atoms with Gasteiger partial charge in [-0.2, -0.15) is 0 Å². The van der Waals surface area contributed by atoms with Crippen LogP contribution in [-0.4, -0.2) is 25.1 Å². The molecule has 2 aromatic heterocycles. The molecule has 2 aromatic rings. The molecule has 0 amide bonds. The van der Waals surface area contributed by atoms with E-state index in [0.717, 1.165) is 23.8 Å². The summed E-state index contributed by atoms with van der Waals surface area (Å²) in [4.78, 5) is 8.33. The van der Waals surface area contributed by atoms with Gasteiger partial charge in [0.25, 0.3) is 0 Å². The molecule has 0 radical (unpaired) electrons. The van der Waals surface area contributed by atoms with Crippen LogP contribution in [0.15, 0.2) is 22.9 Å². The van der Waals surface area contributed by atoms with E-state index in [1.807, 2.05) is 18.4 Å². The van der Waals surface area contributed by atoms with Gasteiger partial charge in [-0.25, -0.2) is 4.98 Å². The lowest BCUT2D eigenvalue weighted by Crippen LogP contribution is -2.30. The van der Waals surface area contributed by atoms with Crippen LogP contribution in [0.5, 0.6) is 0 Å². The highest BCUT2D eigenvalue weighted by atomic mass is 32.1. The van der Waals surface area contributed by atoms with Gasteiger partial charge >= 0.3 is 0 Å².